The Morgan fingerprint density at radius 2 is 2.00 bits per heavy atom. The molecule has 1 amide bonds. The van der Waals surface area contributed by atoms with Crippen LogP contribution in [0.25, 0.3) is 0 Å². The first-order valence-electron chi connectivity index (χ1n) is 5.50. The van der Waals surface area contributed by atoms with Crippen LogP contribution in [-0.2, 0) is 9.59 Å². The Morgan fingerprint density at radius 3 is 2.56 bits per heavy atom. The molecule has 3 nitrogen and oxygen atoms in total. The van der Waals surface area contributed by atoms with Gasteiger partial charge in [0, 0.05) is 5.69 Å². The van der Waals surface area contributed by atoms with E-state index in [1.807, 2.05) is 24.3 Å². The van der Waals surface area contributed by atoms with Gasteiger partial charge in [0.1, 0.15) is 0 Å². The monoisotopic (exact) mass is 217 g/mol. The first-order valence-corrected chi connectivity index (χ1v) is 5.50. The molecule has 0 radical (unpaired) electrons. The molecule has 0 unspecified atom stereocenters. The fourth-order valence-corrected chi connectivity index (χ4v) is 1.87. The highest BCUT2D eigenvalue weighted by molar-refractivity contribution is 6.15. The van der Waals surface area contributed by atoms with Crippen molar-refractivity contribution in [3.63, 3.8) is 0 Å². The zero-order valence-electron chi connectivity index (χ0n) is 9.56. The zero-order chi connectivity index (χ0) is 11.7. The summed E-state index contributed by atoms with van der Waals surface area (Å²) in [6.45, 7) is 4.44. The largest absolute Gasteiger partial charge is 0.305 e. The third-order valence-corrected chi connectivity index (χ3v) is 2.83. The smallest absolute Gasteiger partial charge is 0.234 e. The van der Waals surface area contributed by atoms with E-state index in [9.17, 15) is 9.59 Å². The molecule has 16 heavy (non-hydrogen) atoms. The maximum atomic E-state index is 11.6. The number of ketones is 1. The van der Waals surface area contributed by atoms with Crippen molar-refractivity contribution in [3.05, 3.63) is 29.8 Å². The summed E-state index contributed by atoms with van der Waals surface area (Å²) in [7, 11) is 0. The molecule has 3 heteroatoms. The molecule has 0 aliphatic carbocycles. The van der Waals surface area contributed by atoms with E-state index in [2.05, 4.69) is 13.8 Å². The molecule has 0 atom stereocenters. The first kappa shape index (κ1) is 10.9. The van der Waals surface area contributed by atoms with Crippen LogP contribution in [0.3, 0.4) is 0 Å². The van der Waals surface area contributed by atoms with Crippen molar-refractivity contribution < 1.29 is 9.59 Å². The van der Waals surface area contributed by atoms with E-state index in [0.29, 0.717) is 5.92 Å². The number of rotatable bonds is 2. The summed E-state index contributed by atoms with van der Waals surface area (Å²) in [5.74, 6) is 0.333. The molecular formula is C13H15NO2. The van der Waals surface area contributed by atoms with E-state index >= 15 is 0 Å². The van der Waals surface area contributed by atoms with Crippen molar-refractivity contribution in [1.29, 1.82) is 0 Å². The van der Waals surface area contributed by atoms with E-state index in [4.69, 9.17) is 0 Å². The molecule has 1 saturated heterocycles. The first-order chi connectivity index (χ1) is 7.58. The fourth-order valence-electron chi connectivity index (χ4n) is 1.87. The summed E-state index contributed by atoms with van der Waals surface area (Å²) < 4.78 is 0. The number of Topliss-reactive ketones (excluding diaryl/α,β-unsaturated/α-hetero) is 1. The molecular weight excluding hydrogens is 202 g/mol. The number of nitrogens with zero attached hydrogens (tertiary/aromatic N) is 1. The Hall–Kier alpha value is -1.64. The molecule has 1 aliphatic heterocycles. The maximum absolute atomic E-state index is 11.6. The van der Waals surface area contributed by atoms with Crippen LogP contribution in [-0.4, -0.2) is 18.2 Å². The zero-order valence-corrected chi connectivity index (χ0v) is 9.56. The average Bonchev–Trinajstić information content (AvgIpc) is 2.58. The Balaban J connectivity index is 2.30. The minimum Gasteiger partial charge on any atom is -0.305 e. The van der Waals surface area contributed by atoms with Crippen LogP contribution >= 0.6 is 0 Å². The molecule has 84 valence electrons. The second-order valence-corrected chi connectivity index (χ2v) is 4.45. The molecule has 0 saturated carbocycles. The topological polar surface area (TPSA) is 37.4 Å². The predicted molar refractivity (Wildman–Crippen MR) is 62.5 cm³/mol. The highest BCUT2D eigenvalue weighted by Gasteiger charge is 2.28. The molecule has 1 heterocycles. The van der Waals surface area contributed by atoms with Gasteiger partial charge in [-0.15, -0.1) is 0 Å². The van der Waals surface area contributed by atoms with Crippen LogP contribution in [0.1, 0.15) is 31.7 Å². The third-order valence-electron chi connectivity index (χ3n) is 2.83. The summed E-state index contributed by atoms with van der Waals surface area (Å²) in [5, 5.41) is 0. The normalized spacial score (nSPS) is 16.3. The predicted octanol–water partition coefficient (Wildman–Crippen LogP) is 2.12. The highest BCUT2D eigenvalue weighted by atomic mass is 16.2. The summed E-state index contributed by atoms with van der Waals surface area (Å²) >= 11 is 0. The fraction of sp³-hybridized carbons (Fsp3) is 0.385. The van der Waals surface area contributed by atoms with Gasteiger partial charge in [-0.3, -0.25) is 9.59 Å². The van der Waals surface area contributed by atoms with Gasteiger partial charge < -0.3 is 4.90 Å². The van der Waals surface area contributed by atoms with Crippen LogP contribution in [0, 0.1) is 0 Å². The van der Waals surface area contributed by atoms with E-state index in [1.54, 1.807) is 4.90 Å². The lowest BCUT2D eigenvalue weighted by Gasteiger charge is -2.16. The number of benzene rings is 1. The number of anilines is 1. The quantitative estimate of drug-likeness (QED) is 0.711. The van der Waals surface area contributed by atoms with Gasteiger partial charge in [-0.05, 0) is 23.6 Å². The average molecular weight is 217 g/mol. The van der Waals surface area contributed by atoms with Crippen LogP contribution in [0.5, 0.6) is 0 Å². The number of amides is 1. The lowest BCUT2D eigenvalue weighted by Crippen LogP contribution is -2.24. The van der Waals surface area contributed by atoms with E-state index in [1.165, 1.54) is 5.56 Å². The molecule has 0 spiro atoms. The van der Waals surface area contributed by atoms with Crippen LogP contribution < -0.4 is 4.90 Å². The number of carbonyl (C=O) groups excluding carboxylic acids is 2. The summed E-state index contributed by atoms with van der Waals surface area (Å²) in [5.41, 5.74) is 2.02. The van der Waals surface area contributed by atoms with E-state index < -0.39 is 0 Å². The molecule has 1 aliphatic rings. The van der Waals surface area contributed by atoms with Gasteiger partial charge in [0.2, 0.25) is 5.91 Å². The summed E-state index contributed by atoms with van der Waals surface area (Å²) in [4.78, 5) is 24.3. The standard InChI is InChI=1S/C13H15NO2/c1-9(2)10-4-3-5-11(6-10)14-8-12(15)7-13(14)16/h3-6,9H,7-8H2,1-2H3. The lowest BCUT2D eigenvalue weighted by atomic mass is 10.0. The SMILES string of the molecule is CC(C)c1cccc(N2CC(=O)CC2=O)c1. The Labute approximate surface area is 95.1 Å². The van der Waals surface area contributed by atoms with Gasteiger partial charge in [0.05, 0.1) is 13.0 Å². The van der Waals surface area contributed by atoms with Crippen molar-refractivity contribution in [3.8, 4) is 0 Å². The summed E-state index contributed by atoms with van der Waals surface area (Å²) in [6, 6.07) is 7.83. The van der Waals surface area contributed by atoms with Crippen LogP contribution in [0.4, 0.5) is 5.69 Å². The number of carbonyl (C=O) groups is 2. The minimum absolute atomic E-state index is 0.0000463. The van der Waals surface area contributed by atoms with Crippen LogP contribution in [0.2, 0.25) is 0 Å². The molecule has 0 aromatic heterocycles. The highest BCUT2D eigenvalue weighted by Crippen LogP contribution is 2.24. The summed E-state index contributed by atoms with van der Waals surface area (Å²) in [6.07, 6.45) is 0.0475. The van der Waals surface area contributed by atoms with Crippen molar-refractivity contribution in [2.24, 2.45) is 0 Å². The molecule has 0 bridgehead atoms. The maximum Gasteiger partial charge on any atom is 0.234 e. The Kier molecular flexibility index (Phi) is 2.77. The van der Waals surface area contributed by atoms with Gasteiger partial charge in [0.25, 0.3) is 0 Å². The van der Waals surface area contributed by atoms with Crippen molar-refractivity contribution in [2.45, 2.75) is 26.2 Å². The number of hydrogen-bond acceptors (Lipinski definition) is 2. The third kappa shape index (κ3) is 1.98. The second-order valence-electron chi connectivity index (χ2n) is 4.45. The number of hydrogen-bond donors (Lipinski definition) is 0. The molecule has 1 fully saturated rings. The molecule has 1 aromatic carbocycles. The van der Waals surface area contributed by atoms with E-state index in [0.717, 1.165) is 5.69 Å². The van der Waals surface area contributed by atoms with Crippen molar-refractivity contribution >= 4 is 17.4 Å². The van der Waals surface area contributed by atoms with Crippen molar-refractivity contribution in [1.82, 2.24) is 0 Å². The molecule has 1 aromatic rings. The Bertz CT molecular complexity index is 437. The minimum atomic E-state index is -0.0918. The van der Waals surface area contributed by atoms with Gasteiger partial charge in [-0.1, -0.05) is 26.0 Å². The van der Waals surface area contributed by atoms with Gasteiger partial charge in [-0.25, -0.2) is 0 Å². The van der Waals surface area contributed by atoms with Crippen molar-refractivity contribution in [2.75, 3.05) is 11.4 Å². The molecule has 0 N–H and O–H groups in total. The second kappa shape index (κ2) is 4.08. The Morgan fingerprint density at radius 1 is 1.25 bits per heavy atom. The van der Waals surface area contributed by atoms with Crippen LogP contribution in [0.15, 0.2) is 24.3 Å². The lowest BCUT2D eigenvalue weighted by molar-refractivity contribution is -0.121. The van der Waals surface area contributed by atoms with Gasteiger partial charge in [0.15, 0.2) is 5.78 Å². The van der Waals surface area contributed by atoms with Gasteiger partial charge in [-0.2, -0.15) is 0 Å². The van der Waals surface area contributed by atoms with E-state index in [-0.39, 0.29) is 24.7 Å². The molecule has 2 rings (SSSR count). The van der Waals surface area contributed by atoms with Gasteiger partial charge >= 0.3 is 0 Å².